The normalized spacial score (nSPS) is 11.0. The lowest BCUT2D eigenvalue weighted by atomic mass is 10.2. The Balaban J connectivity index is 1.75. The maximum Gasteiger partial charge on any atom is 0.176 e. The van der Waals surface area contributed by atoms with E-state index in [4.69, 9.17) is 49.4 Å². The molecule has 0 amide bonds. The van der Waals surface area contributed by atoms with Gasteiger partial charge in [-0.15, -0.1) is 0 Å². The summed E-state index contributed by atoms with van der Waals surface area (Å²) in [6.45, 7) is 0.290. The van der Waals surface area contributed by atoms with Gasteiger partial charge in [-0.05, 0) is 60.2 Å². The highest BCUT2D eigenvalue weighted by molar-refractivity contribution is 6.42. The highest BCUT2D eigenvalue weighted by atomic mass is 35.5. The molecule has 0 aliphatic rings. The zero-order valence-electron chi connectivity index (χ0n) is 14.8. The Labute approximate surface area is 177 Å². The molecule has 0 saturated heterocycles. The van der Waals surface area contributed by atoms with Gasteiger partial charge in [-0.3, -0.25) is 0 Å². The molecule has 4 rings (SSSR count). The molecule has 0 spiro atoms. The van der Waals surface area contributed by atoms with E-state index in [0.717, 1.165) is 27.9 Å². The molecular formula is C21H15Cl3N2O2. The van der Waals surface area contributed by atoms with Crippen molar-refractivity contribution >= 4 is 45.8 Å². The van der Waals surface area contributed by atoms with Crippen LogP contribution in [-0.4, -0.2) is 16.8 Å². The lowest BCUT2D eigenvalue weighted by molar-refractivity contribution is 0.110. The molecule has 0 saturated carbocycles. The minimum atomic E-state index is 0.290. The van der Waals surface area contributed by atoms with Crippen LogP contribution in [0.5, 0.6) is 5.75 Å². The van der Waals surface area contributed by atoms with Crippen LogP contribution in [0.4, 0.5) is 0 Å². The van der Waals surface area contributed by atoms with Crippen molar-refractivity contribution in [3.8, 4) is 17.1 Å². The minimum absolute atomic E-state index is 0.290. The van der Waals surface area contributed by atoms with E-state index in [9.17, 15) is 0 Å². The first-order valence-electron chi connectivity index (χ1n) is 8.45. The van der Waals surface area contributed by atoms with Crippen molar-refractivity contribution in [3.63, 3.8) is 0 Å². The summed E-state index contributed by atoms with van der Waals surface area (Å²) in [7, 11) is 1.63. The van der Waals surface area contributed by atoms with Crippen molar-refractivity contribution in [2.45, 2.75) is 6.61 Å². The van der Waals surface area contributed by atoms with Crippen LogP contribution in [-0.2, 0) is 6.61 Å². The first-order valence-corrected chi connectivity index (χ1v) is 9.58. The quantitative estimate of drug-likeness (QED) is 0.370. The van der Waals surface area contributed by atoms with Gasteiger partial charge in [0.15, 0.2) is 5.82 Å². The van der Waals surface area contributed by atoms with Crippen LogP contribution in [0.3, 0.4) is 0 Å². The number of methoxy groups -OCH3 is 1. The molecule has 0 radical (unpaired) electrons. The first-order chi connectivity index (χ1) is 13.5. The van der Waals surface area contributed by atoms with Crippen LogP contribution in [0.25, 0.3) is 22.4 Å². The summed E-state index contributed by atoms with van der Waals surface area (Å²) in [4.78, 5) is 10.8. The molecule has 28 heavy (non-hydrogen) atoms. The monoisotopic (exact) mass is 432 g/mol. The van der Waals surface area contributed by atoms with E-state index in [1.807, 2.05) is 42.5 Å². The lowest BCUT2D eigenvalue weighted by Crippen LogP contribution is -2.12. The minimum Gasteiger partial charge on any atom is -0.497 e. The van der Waals surface area contributed by atoms with E-state index in [0.29, 0.717) is 20.9 Å². The van der Waals surface area contributed by atoms with Crippen LogP contribution in [0.1, 0.15) is 5.56 Å². The van der Waals surface area contributed by atoms with Crippen molar-refractivity contribution in [3.05, 3.63) is 81.3 Å². The molecule has 0 atom stereocenters. The van der Waals surface area contributed by atoms with Gasteiger partial charge in [0.1, 0.15) is 17.9 Å². The smallest absolute Gasteiger partial charge is 0.176 e. The zero-order chi connectivity index (χ0) is 19.7. The zero-order valence-corrected chi connectivity index (χ0v) is 17.1. The highest BCUT2D eigenvalue weighted by Crippen LogP contribution is 2.28. The van der Waals surface area contributed by atoms with Gasteiger partial charge in [0.2, 0.25) is 0 Å². The van der Waals surface area contributed by atoms with Crippen LogP contribution >= 0.6 is 34.8 Å². The number of halogens is 3. The number of aromatic nitrogens is 2. The summed E-state index contributed by atoms with van der Waals surface area (Å²) in [5.41, 5.74) is 3.34. The second-order valence-corrected chi connectivity index (χ2v) is 7.36. The average molecular weight is 434 g/mol. The SMILES string of the molecule is COc1ccc(-c2nc3ccc(Cl)cc3n2OCc2ccc(Cl)c(Cl)c2)cc1. The van der Waals surface area contributed by atoms with Gasteiger partial charge >= 0.3 is 0 Å². The molecule has 0 unspecified atom stereocenters. The number of benzene rings is 3. The maximum atomic E-state index is 6.20. The molecule has 0 aliphatic heterocycles. The number of ether oxygens (including phenoxy) is 1. The van der Waals surface area contributed by atoms with Crippen LogP contribution < -0.4 is 9.57 Å². The Morgan fingerprint density at radius 2 is 1.68 bits per heavy atom. The summed E-state index contributed by atoms with van der Waals surface area (Å²) in [5.74, 6) is 1.44. The van der Waals surface area contributed by atoms with Crippen LogP contribution in [0.15, 0.2) is 60.7 Å². The molecule has 4 aromatic rings. The van der Waals surface area contributed by atoms with Gasteiger partial charge in [-0.25, -0.2) is 4.98 Å². The van der Waals surface area contributed by atoms with Gasteiger partial charge < -0.3 is 9.57 Å². The van der Waals surface area contributed by atoms with E-state index in [1.165, 1.54) is 0 Å². The van der Waals surface area contributed by atoms with Crippen molar-refractivity contribution in [2.75, 3.05) is 7.11 Å². The van der Waals surface area contributed by atoms with Gasteiger partial charge in [-0.1, -0.05) is 40.9 Å². The topological polar surface area (TPSA) is 36.3 Å². The lowest BCUT2D eigenvalue weighted by Gasteiger charge is -2.12. The third-order valence-corrected chi connectivity index (χ3v) is 5.24. The van der Waals surface area contributed by atoms with Crippen molar-refractivity contribution in [1.82, 2.24) is 9.71 Å². The second kappa shape index (κ2) is 7.92. The van der Waals surface area contributed by atoms with E-state index < -0.39 is 0 Å². The molecular weight excluding hydrogens is 419 g/mol. The summed E-state index contributed by atoms with van der Waals surface area (Å²) in [5, 5.41) is 1.59. The van der Waals surface area contributed by atoms with E-state index in [2.05, 4.69) is 0 Å². The number of fused-ring (bicyclic) bond motifs is 1. The van der Waals surface area contributed by atoms with Gasteiger partial charge in [0, 0.05) is 10.6 Å². The van der Waals surface area contributed by atoms with Crippen molar-refractivity contribution in [2.24, 2.45) is 0 Å². The van der Waals surface area contributed by atoms with Crippen LogP contribution in [0, 0.1) is 0 Å². The predicted octanol–water partition coefficient (Wildman–Crippen LogP) is 6.30. The molecule has 142 valence electrons. The Morgan fingerprint density at radius 1 is 0.893 bits per heavy atom. The van der Waals surface area contributed by atoms with Gasteiger partial charge in [0.25, 0.3) is 0 Å². The molecule has 0 aliphatic carbocycles. The molecule has 0 bridgehead atoms. The summed E-state index contributed by atoms with van der Waals surface area (Å²) < 4.78 is 6.92. The standard InChI is InChI=1S/C21H15Cl3N2O2/c1-27-16-6-3-14(4-7-16)21-25-19-9-5-15(22)11-20(19)26(21)28-12-13-2-8-17(23)18(24)10-13/h2-11H,12H2,1H3. The molecule has 1 aromatic heterocycles. The number of hydrogen-bond donors (Lipinski definition) is 0. The maximum absolute atomic E-state index is 6.20. The fourth-order valence-electron chi connectivity index (χ4n) is 2.85. The number of hydrogen-bond acceptors (Lipinski definition) is 3. The van der Waals surface area contributed by atoms with E-state index in [1.54, 1.807) is 30.0 Å². The summed E-state index contributed by atoms with van der Waals surface area (Å²) >= 11 is 18.3. The predicted molar refractivity (Wildman–Crippen MR) is 113 cm³/mol. The molecule has 4 nitrogen and oxygen atoms in total. The number of nitrogens with zero attached hydrogens (tertiary/aromatic N) is 2. The van der Waals surface area contributed by atoms with Crippen molar-refractivity contribution < 1.29 is 9.57 Å². The Hall–Kier alpha value is -2.40. The summed E-state index contributed by atoms with van der Waals surface area (Å²) in [6, 6.07) is 18.5. The van der Waals surface area contributed by atoms with Crippen LogP contribution in [0.2, 0.25) is 15.1 Å². The first kappa shape index (κ1) is 18.9. The molecule has 1 heterocycles. The Bertz CT molecular complexity index is 1140. The van der Waals surface area contributed by atoms with E-state index in [-0.39, 0.29) is 6.61 Å². The number of imidazole rings is 1. The fraction of sp³-hybridized carbons (Fsp3) is 0.0952. The third-order valence-electron chi connectivity index (χ3n) is 4.27. The largest absolute Gasteiger partial charge is 0.497 e. The molecule has 3 aromatic carbocycles. The summed E-state index contributed by atoms with van der Waals surface area (Å²) in [6.07, 6.45) is 0. The second-order valence-electron chi connectivity index (χ2n) is 6.11. The Kier molecular flexibility index (Phi) is 5.36. The number of rotatable bonds is 5. The molecule has 0 fully saturated rings. The van der Waals surface area contributed by atoms with Gasteiger partial charge in [-0.2, -0.15) is 4.73 Å². The average Bonchev–Trinajstić information content (AvgIpc) is 3.06. The fourth-order valence-corrected chi connectivity index (χ4v) is 3.34. The van der Waals surface area contributed by atoms with Gasteiger partial charge in [0.05, 0.1) is 22.7 Å². The molecule has 7 heteroatoms. The highest BCUT2D eigenvalue weighted by Gasteiger charge is 2.15. The Morgan fingerprint density at radius 3 is 2.39 bits per heavy atom. The van der Waals surface area contributed by atoms with E-state index >= 15 is 0 Å². The molecule has 0 N–H and O–H groups in total. The van der Waals surface area contributed by atoms with Crippen molar-refractivity contribution in [1.29, 1.82) is 0 Å². The third kappa shape index (κ3) is 3.76.